The van der Waals surface area contributed by atoms with E-state index in [4.69, 9.17) is 26.8 Å². The van der Waals surface area contributed by atoms with Gasteiger partial charge in [0.2, 0.25) is 0 Å². The van der Waals surface area contributed by atoms with Crippen molar-refractivity contribution in [3.05, 3.63) is 34.9 Å². The van der Waals surface area contributed by atoms with Gasteiger partial charge in [-0.05, 0) is 17.7 Å². The summed E-state index contributed by atoms with van der Waals surface area (Å²) in [6.07, 6.45) is 0. The maximum absolute atomic E-state index is 6.15. The molecule has 1 aliphatic rings. The van der Waals surface area contributed by atoms with Crippen LogP contribution in [0.5, 0.6) is 0 Å². The van der Waals surface area contributed by atoms with Gasteiger partial charge in [0.1, 0.15) is 0 Å². The number of ether oxygens (including phenoxy) is 2. The predicted molar refractivity (Wildman–Crippen MR) is 93.0 cm³/mol. The van der Waals surface area contributed by atoms with Gasteiger partial charge in [0, 0.05) is 31.8 Å². The Balaban J connectivity index is 2.05. The summed E-state index contributed by atoms with van der Waals surface area (Å²) in [5, 5.41) is 3.77. The zero-order valence-corrected chi connectivity index (χ0v) is 14.3. The number of nitrogens with zero attached hydrogens (tertiary/aromatic N) is 2. The molecule has 1 aliphatic heterocycles. The van der Waals surface area contributed by atoms with Crippen LogP contribution in [0, 0.1) is 0 Å². The van der Waals surface area contributed by atoms with Gasteiger partial charge in [0.15, 0.2) is 5.96 Å². The highest BCUT2D eigenvalue weighted by molar-refractivity contribution is 6.30. The van der Waals surface area contributed by atoms with E-state index in [0.29, 0.717) is 25.7 Å². The number of nitrogens with one attached hydrogen (secondary N) is 1. The lowest BCUT2D eigenvalue weighted by Gasteiger charge is -2.34. The van der Waals surface area contributed by atoms with Crippen LogP contribution in [0.1, 0.15) is 11.6 Å². The largest absolute Gasteiger partial charge is 0.383 e. The number of morpholine rings is 1. The number of hydrogen-bond donors (Lipinski definition) is 2. The Morgan fingerprint density at radius 3 is 2.96 bits per heavy atom. The van der Waals surface area contributed by atoms with Crippen molar-refractivity contribution >= 4 is 17.6 Å². The maximum Gasteiger partial charge on any atom is 0.188 e. The fourth-order valence-electron chi connectivity index (χ4n) is 2.56. The molecule has 1 fully saturated rings. The van der Waals surface area contributed by atoms with Crippen LogP contribution in [0.25, 0.3) is 0 Å². The Morgan fingerprint density at radius 2 is 2.26 bits per heavy atom. The molecule has 1 aromatic rings. The van der Waals surface area contributed by atoms with Crippen molar-refractivity contribution in [3.8, 4) is 0 Å². The van der Waals surface area contributed by atoms with Crippen molar-refractivity contribution < 1.29 is 9.47 Å². The minimum Gasteiger partial charge on any atom is -0.383 e. The molecular formula is C16H25ClN4O2. The molecule has 0 spiro atoms. The van der Waals surface area contributed by atoms with Crippen molar-refractivity contribution in [3.63, 3.8) is 0 Å². The number of halogens is 1. The summed E-state index contributed by atoms with van der Waals surface area (Å²) >= 11 is 6.15. The molecule has 0 aromatic heterocycles. The van der Waals surface area contributed by atoms with Gasteiger partial charge >= 0.3 is 0 Å². The van der Waals surface area contributed by atoms with Crippen molar-refractivity contribution in [1.29, 1.82) is 0 Å². The zero-order valence-electron chi connectivity index (χ0n) is 13.5. The molecule has 6 nitrogen and oxygen atoms in total. The minimum absolute atomic E-state index is 0.139. The fraction of sp³-hybridized carbons (Fsp3) is 0.562. The van der Waals surface area contributed by atoms with Crippen LogP contribution in [0.4, 0.5) is 0 Å². The molecule has 1 heterocycles. The standard InChI is InChI=1S/C16H25ClN4O2/c1-22-8-5-19-16(18)20-12-15(21-6-9-23-10-7-21)13-3-2-4-14(17)11-13/h2-4,11,15H,5-10,12H2,1H3,(H3,18,19,20). The van der Waals surface area contributed by atoms with Crippen LogP contribution in [-0.4, -0.2) is 64.0 Å². The molecule has 0 amide bonds. The molecule has 23 heavy (non-hydrogen) atoms. The van der Waals surface area contributed by atoms with Crippen molar-refractivity contribution in [2.24, 2.45) is 10.7 Å². The van der Waals surface area contributed by atoms with Crippen LogP contribution < -0.4 is 11.1 Å². The molecule has 1 saturated heterocycles. The van der Waals surface area contributed by atoms with Gasteiger partial charge in [0.05, 0.1) is 32.4 Å². The number of nitrogens with two attached hydrogens (primary N) is 1. The normalized spacial score (nSPS) is 17.9. The third-order valence-corrected chi connectivity index (χ3v) is 4.00. The number of guanidine groups is 1. The average molecular weight is 341 g/mol. The molecular weight excluding hydrogens is 316 g/mol. The van der Waals surface area contributed by atoms with Gasteiger partial charge in [-0.2, -0.15) is 0 Å². The molecule has 7 heteroatoms. The molecule has 2 rings (SSSR count). The van der Waals surface area contributed by atoms with E-state index < -0.39 is 0 Å². The maximum atomic E-state index is 6.15. The molecule has 3 N–H and O–H groups in total. The first kappa shape index (κ1) is 18.0. The summed E-state index contributed by atoms with van der Waals surface area (Å²) in [4.78, 5) is 6.84. The first-order chi connectivity index (χ1) is 11.2. The molecule has 0 radical (unpaired) electrons. The third kappa shape index (κ3) is 5.99. The van der Waals surface area contributed by atoms with E-state index in [1.54, 1.807) is 7.11 Å². The fourth-order valence-corrected chi connectivity index (χ4v) is 2.76. The Labute approximate surface area is 142 Å². The Kier molecular flexibility index (Phi) is 7.61. The lowest BCUT2D eigenvalue weighted by molar-refractivity contribution is 0.0180. The molecule has 0 bridgehead atoms. The summed E-state index contributed by atoms with van der Waals surface area (Å²) in [5.74, 6) is 0.433. The van der Waals surface area contributed by atoms with E-state index in [-0.39, 0.29) is 6.04 Å². The van der Waals surface area contributed by atoms with E-state index in [0.717, 1.165) is 36.9 Å². The zero-order chi connectivity index (χ0) is 16.5. The van der Waals surface area contributed by atoms with Gasteiger partial charge in [-0.1, -0.05) is 23.7 Å². The van der Waals surface area contributed by atoms with Gasteiger partial charge in [-0.25, -0.2) is 0 Å². The highest BCUT2D eigenvalue weighted by atomic mass is 35.5. The highest BCUT2D eigenvalue weighted by Crippen LogP contribution is 2.24. The summed E-state index contributed by atoms with van der Waals surface area (Å²) in [7, 11) is 1.66. The van der Waals surface area contributed by atoms with Gasteiger partial charge < -0.3 is 20.5 Å². The molecule has 1 unspecified atom stereocenters. The number of methoxy groups -OCH3 is 1. The van der Waals surface area contributed by atoms with Crippen molar-refractivity contribution in [1.82, 2.24) is 10.2 Å². The summed E-state index contributed by atoms with van der Waals surface area (Å²) < 4.78 is 10.4. The van der Waals surface area contributed by atoms with E-state index in [9.17, 15) is 0 Å². The van der Waals surface area contributed by atoms with Crippen LogP contribution in [0.3, 0.4) is 0 Å². The Bertz CT molecular complexity index is 507. The van der Waals surface area contributed by atoms with Gasteiger partial charge in [-0.15, -0.1) is 0 Å². The second-order valence-corrected chi connectivity index (χ2v) is 5.80. The van der Waals surface area contributed by atoms with Crippen molar-refractivity contribution in [2.45, 2.75) is 6.04 Å². The SMILES string of the molecule is COCCNC(N)=NCC(c1cccc(Cl)c1)N1CCOCC1. The molecule has 1 atom stereocenters. The lowest BCUT2D eigenvalue weighted by atomic mass is 10.0. The van der Waals surface area contributed by atoms with Crippen LogP contribution in [-0.2, 0) is 9.47 Å². The van der Waals surface area contributed by atoms with Crippen LogP contribution in [0.2, 0.25) is 5.02 Å². The Morgan fingerprint density at radius 1 is 1.48 bits per heavy atom. The Hall–Kier alpha value is -1.34. The molecule has 0 saturated carbocycles. The number of benzene rings is 1. The van der Waals surface area contributed by atoms with E-state index in [1.165, 1.54) is 0 Å². The summed E-state index contributed by atoms with van der Waals surface area (Å²) in [6.45, 7) is 5.05. The minimum atomic E-state index is 0.139. The van der Waals surface area contributed by atoms with E-state index >= 15 is 0 Å². The van der Waals surface area contributed by atoms with Crippen LogP contribution >= 0.6 is 11.6 Å². The molecule has 128 valence electrons. The summed E-state index contributed by atoms with van der Waals surface area (Å²) in [6, 6.07) is 8.06. The van der Waals surface area contributed by atoms with Gasteiger partial charge in [0.25, 0.3) is 0 Å². The molecule has 1 aromatic carbocycles. The first-order valence-corrected chi connectivity index (χ1v) is 8.18. The second kappa shape index (κ2) is 9.72. The molecule has 0 aliphatic carbocycles. The van der Waals surface area contributed by atoms with E-state index in [2.05, 4.69) is 21.3 Å². The summed E-state index contributed by atoms with van der Waals surface area (Å²) in [5.41, 5.74) is 7.06. The van der Waals surface area contributed by atoms with E-state index in [1.807, 2.05) is 18.2 Å². The smallest absolute Gasteiger partial charge is 0.188 e. The lowest BCUT2D eigenvalue weighted by Crippen LogP contribution is -2.41. The van der Waals surface area contributed by atoms with Gasteiger partial charge in [-0.3, -0.25) is 9.89 Å². The predicted octanol–water partition coefficient (Wildman–Crippen LogP) is 1.26. The van der Waals surface area contributed by atoms with Crippen molar-refractivity contribution in [2.75, 3.05) is 53.1 Å². The average Bonchev–Trinajstić information content (AvgIpc) is 2.56. The third-order valence-electron chi connectivity index (χ3n) is 3.77. The quantitative estimate of drug-likeness (QED) is 0.444. The van der Waals surface area contributed by atoms with Crippen LogP contribution in [0.15, 0.2) is 29.3 Å². The topological polar surface area (TPSA) is 72.1 Å². The highest BCUT2D eigenvalue weighted by Gasteiger charge is 2.22. The first-order valence-electron chi connectivity index (χ1n) is 7.80. The number of aliphatic imine (C=N–C) groups is 1. The second-order valence-electron chi connectivity index (χ2n) is 5.36. The monoisotopic (exact) mass is 340 g/mol. The number of rotatable bonds is 7. The number of hydrogen-bond acceptors (Lipinski definition) is 4.